The van der Waals surface area contributed by atoms with Gasteiger partial charge in [-0.15, -0.1) is 0 Å². The number of ether oxygens (including phenoxy) is 1. The molecule has 1 atom stereocenters. The van der Waals surface area contributed by atoms with Crippen molar-refractivity contribution in [3.63, 3.8) is 0 Å². The average Bonchev–Trinajstić information content (AvgIpc) is 3.24. The molecule has 0 radical (unpaired) electrons. The van der Waals surface area contributed by atoms with Gasteiger partial charge in [0.1, 0.15) is 11.6 Å². The maximum atomic E-state index is 12.0. The quantitative estimate of drug-likeness (QED) is 0.707. The summed E-state index contributed by atoms with van der Waals surface area (Å²) >= 11 is 0. The molecule has 0 amide bonds. The van der Waals surface area contributed by atoms with E-state index in [9.17, 15) is 4.79 Å². The number of hydrogen-bond donors (Lipinski definition) is 3. The Morgan fingerprint density at radius 2 is 2.30 bits per heavy atom. The van der Waals surface area contributed by atoms with Gasteiger partial charge in [-0.3, -0.25) is 4.79 Å². The Balaban J connectivity index is 1.83. The summed E-state index contributed by atoms with van der Waals surface area (Å²) in [4.78, 5) is 19.3. The number of aromatic nitrogens is 2. The highest BCUT2D eigenvalue weighted by atomic mass is 16.5. The lowest BCUT2D eigenvalue weighted by Gasteiger charge is -2.24. The molecule has 0 bridgehead atoms. The van der Waals surface area contributed by atoms with E-state index in [-0.39, 0.29) is 11.6 Å². The second kappa shape index (κ2) is 5.75. The highest BCUT2D eigenvalue weighted by Crippen LogP contribution is 2.31. The highest BCUT2D eigenvalue weighted by molar-refractivity contribution is 5.83. The van der Waals surface area contributed by atoms with Crippen molar-refractivity contribution in [3.8, 4) is 0 Å². The van der Waals surface area contributed by atoms with Crippen molar-refractivity contribution in [2.45, 2.75) is 38.1 Å². The van der Waals surface area contributed by atoms with Gasteiger partial charge >= 0.3 is 0 Å². The van der Waals surface area contributed by atoms with E-state index in [1.54, 1.807) is 0 Å². The summed E-state index contributed by atoms with van der Waals surface area (Å²) in [6.07, 6.45) is 6.34. The van der Waals surface area contributed by atoms with E-state index >= 15 is 0 Å². The van der Waals surface area contributed by atoms with Crippen LogP contribution in [0.3, 0.4) is 0 Å². The van der Waals surface area contributed by atoms with Crippen LogP contribution >= 0.6 is 0 Å². The smallest absolute Gasteiger partial charge is 0.261 e. The molecule has 3 rings (SSSR count). The Morgan fingerprint density at radius 3 is 2.95 bits per heavy atom. The van der Waals surface area contributed by atoms with Crippen LogP contribution in [0.15, 0.2) is 4.79 Å². The molecule has 1 saturated heterocycles. The Morgan fingerprint density at radius 1 is 1.45 bits per heavy atom. The standard InChI is InChI=1S/C14H20N4O2/c15-7-11-13(16-10-2-1-5-20-8-10)17-12(18-14(11)19)6-9-3-4-9/h7,9-10,15H,1-6,8H2,(H2,16,17,18,19). The summed E-state index contributed by atoms with van der Waals surface area (Å²) in [5.41, 5.74) is 0.0694. The van der Waals surface area contributed by atoms with Crippen LogP contribution in [0.5, 0.6) is 0 Å². The van der Waals surface area contributed by atoms with Gasteiger partial charge in [-0.05, 0) is 31.6 Å². The average molecular weight is 276 g/mol. The number of anilines is 1. The third-order valence-electron chi connectivity index (χ3n) is 3.83. The largest absolute Gasteiger partial charge is 0.379 e. The van der Waals surface area contributed by atoms with Gasteiger partial charge in [0.25, 0.3) is 5.56 Å². The molecule has 6 heteroatoms. The first-order valence-corrected chi connectivity index (χ1v) is 7.24. The normalized spacial score (nSPS) is 22.5. The van der Waals surface area contributed by atoms with Crippen molar-refractivity contribution >= 4 is 12.0 Å². The van der Waals surface area contributed by atoms with E-state index in [1.165, 1.54) is 12.8 Å². The molecule has 6 nitrogen and oxygen atoms in total. The first-order valence-electron chi connectivity index (χ1n) is 7.24. The van der Waals surface area contributed by atoms with Crippen LogP contribution in [0.25, 0.3) is 0 Å². The summed E-state index contributed by atoms with van der Waals surface area (Å²) in [7, 11) is 0. The minimum atomic E-state index is -0.232. The van der Waals surface area contributed by atoms with Gasteiger partial charge in [0, 0.05) is 19.2 Å². The fraction of sp³-hybridized carbons (Fsp3) is 0.643. The van der Waals surface area contributed by atoms with Gasteiger partial charge in [0.15, 0.2) is 0 Å². The Labute approximate surface area is 117 Å². The number of H-pyrrole nitrogens is 1. The number of nitrogens with zero attached hydrogens (tertiary/aromatic N) is 1. The number of aromatic amines is 1. The third-order valence-corrected chi connectivity index (χ3v) is 3.83. The minimum absolute atomic E-state index is 0.172. The van der Waals surface area contributed by atoms with Crippen LogP contribution < -0.4 is 10.9 Å². The summed E-state index contributed by atoms with van der Waals surface area (Å²) in [6, 6.07) is 0.172. The van der Waals surface area contributed by atoms with Gasteiger partial charge in [-0.2, -0.15) is 0 Å². The first kappa shape index (κ1) is 13.3. The summed E-state index contributed by atoms with van der Waals surface area (Å²) in [5.74, 6) is 1.91. The molecule has 3 N–H and O–H groups in total. The van der Waals surface area contributed by atoms with Crippen molar-refractivity contribution in [3.05, 3.63) is 21.7 Å². The van der Waals surface area contributed by atoms with Crippen molar-refractivity contribution in [2.75, 3.05) is 18.5 Å². The fourth-order valence-electron chi connectivity index (χ4n) is 2.51. The molecule has 1 saturated carbocycles. The minimum Gasteiger partial charge on any atom is -0.379 e. The van der Waals surface area contributed by atoms with Gasteiger partial charge < -0.3 is 20.4 Å². The molecule has 0 aromatic carbocycles. The number of nitrogens with one attached hydrogen (secondary N) is 3. The molecule has 20 heavy (non-hydrogen) atoms. The molecule has 2 aliphatic rings. The van der Waals surface area contributed by atoms with E-state index < -0.39 is 0 Å². The van der Waals surface area contributed by atoms with Crippen LogP contribution in [0.4, 0.5) is 5.82 Å². The lowest BCUT2D eigenvalue weighted by Crippen LogP contribution is -2.32. The van der Waals surface area contributed by atoms with Crippen molar-refractivity contribution in [1.29, 1.82) is 5.41 Å². The molecule has 0 spiro atoms. The van der Waals surface area contributed by atoms with E-state index in [0.29, 0.717) is 23.9 Å². The molecular formula is C14H20N4O2. The predicted molar refractivity (Wildman–Crippen MR) is 76.6 cm³/mol. The molecule has 1 aromatic heterocycles. The molecular weight excluding hydrogens is 256 g/mol. The van der Waals surface area contributed by atoms with Crippen LogP contribution in [0, 0.1) is 11.3 Å². The lowest BCUT2D eigenvalue weighted by molar-refractivity contribution is 0.0875. The molecule has 1 unspecified atom stereocenters. The van der Waals surface area contributed by atoms with Gasteiger partial charge in [-0.1, -0.05) is 0 Å². The van der Waals surface area contributed by atoms with E-state index in [1.807, 2.05) is 0 Å². The Bertz CT molecular complexity index is 545. The van der Waals surface area contributed by atoms with E-state index in [2.05, 4.69) is 15.3 Å². The van der Waals surface area contributed by atoms with Crippen molar-refractivity contribution in [2.24, 2.45) is 5.92 Å². The van der Waals surface area contributed by atoms with Crippen LogP contribution in [-0.2, 0) is 11.2 Å². The zero-order chi connectivity index (χ0) is 13.9. The van der Waals surface area contributed by atoms with Crippen LogP contribution in [0.1, 0.15) is 37.1 Å². The van der Waals surface area contributed by atoms with E-state index in [0.717, 1.165) is 37.9 Å². The SMILES string of the molecule is N=Cc1c(NC2CCCOC2)nc(CC2CC2)[nH]c1=O. The van der Waals surface area contributed by atoms with Crippen LogP contribution in [0.2, 0.25) is 0 Å². The zero-order valence-corrected chi connectivity index (χ0v) is 11.4. The highest BCUT2D eigenvalue weighted by Gasteiger charge is 2.24. The number of rotatable bonds is 5. The fourth-order valence-corrected chi connectivity index (χ4v) is 2.51. The maximum Gasteiger partial charge on any atom is 0.261 e. The maximum absolute atomic E-state index is 12.0. The molecule has 1 aliphatic carbocycles. The van der Waals surface area contributed by atoms with Gasteiger partial charge in [-0.25, -0.2) is 4.98 Å². The third kappa shape index (κ3) is 3.07. The zero-order valence-electron chi connectivity index (χ0n) is 11.4. The Kier molecular flexibility index (Phi) is 3.82. The summed E-state index contributed by atoms with van der Waals surface area (Å²) in [5, 5.41) is 10.7. The molecule has 2 heterocycles. The topological polar surface area (TPSA) is 90.9 Å². The molecule has 2 fully saturated rings. The monoisotopic (exact) mass is 276 g/mol. The number of hydrogen-bond acceptors (Lipinski definition) is 5. The van der Waals surface area contributed by atoms with Crippen LogP contribution in [-0.4, -0.2) is 35.4 Å². The predicted octanol–water partition coefficient (Wildman–Crippen LogP) is 1.31. The van der Waals surface area contributed by atoms with Gasteiger partial charge in [0.05, 0.1) is 18.2 Å². The Hall–Kier alpha value is -1.69. The second-order valence-corrected chi connectivity index (χ2v) is 5.63. The summed E-state index contributed by atoms with van der Waals surface area (Å²) in [6.45, 7) is 1.43. The van der Waals surface area contributed by atoms with Gasteiger partial charge in [0.2, 0.25) is 0 Å². The van der Waals surface area contributed by atoms with E-state index in [4.69, 9.17) is 10.1 Å². The lowest BCUT2D eigenvalue weighted by atomic mass is 10.1. The first-order chi connectivity index (χ1) is 9.76. The molecule has 108 valence electrons. The molecule has 1 aromatic rings. The summed E-state index contributed by atoms with van der Waals surface area (Å²) < 4.78 is 5.43. The molecule has 1 aliphatic heterocycles. The van der Waals surface area contributed by atoms with Crippen molar-refractivity contribution < 1.29 is 4.74 Å². The second-order valence-electron chi connectivity index (χ2n) is 5.63. The van der Waals surface area contributed by atoms with Crippen molar-refractivity contribution in [1.82, 2.24) is 9.97 Å².